The van der Waals surface area contributed by atoms with Gasteiger partial charge in [0.2, 0.25) is 0 Å². The standard InChI is InChI=1S/C21H22N4O3/c1-4-14-5-7-15(8-6-14)13-22-25-21(26)18-12-17(23-24-18)16-9-10-19(27-2)20(11-16)28-3/h5-13H,4H2,1-3H3,(H,23,24)(H,25,26). The molecule has 3 aromatic rings. The second-order valence-electron chi connectivity index (χ2n) is 6.03. The van der Waals surface area contributed by atoms with E-state index in [1.165, 1.54) is 5.56 Å². The minimum absolute atomic E-state index is 0.309. The number of carbonyl (C=O) groups is 1. The van der Waals surface area contributed by atoms with Crippen LogP contribution in [0, 0.1) is 0 Å². The zero-order valence-corrected chi connectivity index (χ0v) is 16.0. The lowest BCUT2D eigenvalue weighted by Crippen LogP contribution is -2.17. The Morgan fingerprint density at radius 3 is 2.54 bits per heavy atom. The fourth-order valence-electron chi connectivity index (χ4n) is 2.65. The molecule has 0 unspecified atom stereocenters. The third kappa shape index (κ3) is 4.37. The number of benzene rings is 2. The van der Waals surface area contributed by atoms with Gasteiger partial charge in [0.05, 0.1) is 26.1 Å². The number of H-pyrrole nitrogens is 1. The summed E-state index contributed by atoms with van der Waals surface area (Å²) in [4.78, 5) is 12.3. The van der Waals surface area contributed by atoms with Crippen LogP contribution in [0.15, 0.2) is 53.6 Å². The van der Waals surface area contributed by atoms with E-state index in [0.717, 1.165) is 17.5 Å². The second kappa shape index (κ2) is 8.85. The average molecular weight is 378 g/mol. The highest BCUT2D eigenvalue weighted by Gasteiger charge is 2.12. The Balaban J connectivity index is 1.67. The third-order valence-electron chi connectivity index (χ3n) is 4.27. The fourth-order valence-corrected chi connectivity index (χ4v) is 2.65. The van der Waals surface area contributed by atoms with Crippen LogP contribution < -0.4 is 14.9 Å². The van der Waals surface area contributed by atoms with Crippen LogP contribution in [-0.2, 0) is 6.42 Å². The summed E-state index contributed by atoms with van der Waals surface area (Å²) in [5, 5.41) is 10.9. The Bertz CT molecular complexity index is 978. The first-order chi connectivity index (χ1) is 13.6. The lowest BCUT2D eigenvalue weighted by Gasteiger charge is -2.08. The van der Waals surface area contributed by atoms with Gasteiger partial charge in [-0.25, -0.2) is 5.43 Å². The zero-order valence-electron chi connectivity index (χ0n) is 16.0. The Hall–Kier alpha value is -3.61. The summed E-state index contributed by atoms with van der Waals surface area (Å²) >= 11 is 0. The number of hydrogen-bond acceptors (Lipinski definition) is 5. The molecule has 3 rings (SSSR count). The van der Waals surface area contributed by atoms with Gasteiger partial charge in [0.1, 0.15) is 5.69 Å². The summed E-state index contributed by atoms with van der Waals surface area (Å²) in [6.45, 7) is 2.10. The molecule has 7 heteroatoms. The first-order valence-corrected chi connectivity index (χ1v) is 8.84. The third-order valence-corrected chi connectivity index (χ3v) is 4.27. The van der Waals surface area contributed by atoms with Crippen molar-refractivity contribution >= 4 is 12.1 Å². The van der Waals surface area contributed by atoms with Crippen LogP contribution in [0.2, 0.25) is 0 Å². The Labute approximate surface area is 163 Å². The number of rotatable bonds is 7. The molecule has 0 atom stereocenters. The first-order valence-electron chi connectivity index (χ1n) is 8.84. The number of nitrogens with zero attached hydrogens (tertiary/aromatic N) is 2. The van der Waals surface area contributed by atoms with E-state index < -0.39 is 0 Å². The number of ether oxygens (including phenoxy) is 2. The number of aryl methyl sites for hydroxylation is 1. The number of aromatic amines is 1. The van der Waals surface area contributed by atoms with Crippen molar-refractivity contribution in [3.8, 4) is 22.8 Å². The maximum Gasteiger partial charge on any atom is 0.289 e. The van der Waals surface area contributed by atoms with Gasteiger partial charge in [0.25, 0.3) is 5.91 Å². The van der Waals surface area contributed by atoms with Crippen molar-refractivity contribution in [2.24, 2.45) is 5.10 Å². The quantitative estimate of drug-likeness (QED) is 0.487. The average Bonchev–Trinajstić information content (AvgIpc) is 3.24. The number of nitrogens with one attached hydrogen (secondary N) is 2. The van der Waals surface area contributed by atoms with Gasteiger partial charge in [-0.3, -0.25) is 9.89 Å². The van der Waals surface area contributed by atoms with Crippen LogP contribution in [0.1, 0.15) is 28.5 Å². The molecule has 1 amide bonds. The molecule has 0 fully saturated rings. The summed E-state index contributed by atoms with van der Waals surface area (Å²) in [5.74, 6) is 0.842. The van der Waals surface area contributed by atoms with Crippen molar-refractivity contribution < 1.29 is 14.3 Å². The minimum atomic E-state index is -0.374. The smallest absolute Gasteiger partial charge is 0.289 e. The highest BCUT2D eigenvalue weighted by Crippen LogP contribution is 2.31. The summed E-state index contributed by atoms with van der Waals surface area (Å²) in [6, 6.07) is 15.1. The van der Waals surface area contributed by atoms with Crippen molar-refractivity contribution in [3.63, 3.8) is 0 Å². The van der Waals surface area contributed by atoms with Crippen LogP contribution in [0.4, 0.5) is 0 Å². The van der Waals surface area contributed by atoms with Crippen molar-refractivity contribution in [3.05, 3.63) is 65.4 Å². The van der Waals surface area contributed by atoms with Gasteiger partial charge in [0.15, 0.2) is 11.5 Å². The highest BCUT2D eigenvalue weighted by atomic mass is 16.5. The molecule has 0 aliphatic carbocycles. The molecule has 1 heterocycles. The van der Waals surface area contributed by atoms with Crippen molar-refractivity contribution in [1.29, 1.82) is 0 Å². The molecular weight excluding hydrogens is 356 g/mol. The van der Waals surface area contributed by atoms with Crippen LogP contribution >= 0.6 is 0 Å². The molecule has 0 aliphatic heterocycles. The van der Waals surface area contributed by atoms with Gasteiger partial charge < -0.3 is 9.47 Å². The van der Waals surface area contributed by atoms with Crippen molar-refractivity contribution in [2.45, 2.75) is 13.3 Å². The molecule has 0 spiro atoms. The fraction of sp³-hybridized carbons (Fsp3) is 0.190. The van der Waals surface area contributed by atoms with E-state index in [0.29, 0.717) is 22.9 Å². The molecule has 2 aromatic carbocycles. The number of aromatic nitrogens is 2. The summed E-state index contributed by atoms with van der Waals surface area (Å²) in [7, 11) is 3.14. The van der Waals surface area contributed by atoms with Crippen LogP contribution in [-0.4, -0.2) is 36.5 Å². The number of hydrazone groups is 1. The predicted molar refractivity (Wildman–Crippen MR) is 108 cm³/mol. The van der Waals surface area contributed by atoms with E-state index in [1.54, 1.807) is 38.6 Å². The SMILES string of the molecule is CCc1ccc(C=NNC(=O)c2cc(-c3ccc(OC)c(OC)c3)n[nH]2)cc1. The van der Waals surface area contributed by atoms with Crippen LogP contribution in [0.3, 0.4) is 0 Å². The molecule has 0 bridgehead atoms. The van der Waals surface area contributed by atoms with Crippen molar-refractivity contribution in [2.75, 3.05) is 14.2 Å². The van der Waals surface area contributed by atoms with Gasteiger partial charge in [-0.1, -0.05) is 31.2 Å². The van der Waals surface area contributed by atoms with E-state index in [2.05, 4.69) is 27.6 Å². The van der Waals surface area contributed by atoms with E-state index in [1.807, 2.05) is 30.3 Å². The van der Waals surface area contributed by atoms with Gasteiger partial charge >= 0.3 is 0 Å². The number of amides is 1. The molecule has 7 nitrogen and oxygen atoms in total. The summed E-state index contributed by atoms with van der Waals surface area (Å²) in [5.41, 5.74) is 6.38. The normalized spacial score (nSPS) is 10.8. The summed E-state index contributed by atoms with van der Waals surface area (Å²) < 4.78 is 10.5. The van der Waals surface area contributed by atoms with Gasteiger partial charge in [0, 0.05) is 5.56 Å². The van der Waals surface area contributed by atoms with E-state index in [-0.39, 0.29) is 5.91 Å². The lowest BCUT2D eigenvalue weighted by molar-refractivity contribution is 0.0950. The highest BCUT2D eigenvalue weighted by molar-refractivity contribution is 5.94. The molecule has 0 saturated carbocycles. The number of hydrogen-bond donors (Lipinski definition) is 2. The van der Waals surface area contributed by atoms with Gasteiger partial charge in [-0.15, -0.1) is 0 Å². The predicted octanol–water partition coefficient (Wildman–Crippen LogP) is 3.42. The van der Waals surface area contributed by atoms with E-state index in [4.69, 9.17) is 9.47 Å². The van der Waals surface area contributed by atoms with E-state index >= 15 is 0 Å². The van der Waals surface area contributed by atoms with Crippen LogP contribution in [0.25, 0.3) is 11.3 Å². The largest absolute Gasteiger partial charge is 0.493 e. The molecule has 144 valence electrons. The molecule has 0 saturated heterocycles. The Morgan fingerprint density at radius 2 is 1.86 bits per heavy atom. The molecule has 2 N–H and O–H groups in total. The molecule has 28 heavy (non-hydrogen) atoms. The van der Waals surface area contributed by atoms with Gasteiger partial charge in [-0.2, -0.15) is 10.2 Å². The van der Waals surface area contributed by atoms with E-state index in [9.17, 15) is 4.79 Å². The van der Waals surface area contributed by atoms with Crippen LogP contribution in [0.5, 0.6) is 11.5 Å². The second-order valence-corrected chi connectivity index (χ2v) is 6.03. The topological polar surface area (TPSA) is 88.6 Å². The molecular formula is C21H22N4O3. The first kappa shape index (κ1) is 19.2. The van der Waals surface area contributed by atoms with Gasteiger partial charge in [-0.05, 0) is 41.8 Å². The number of methoxy groups -OCH3 is 2. The maximum atomic E-state index is 12.3. The zero-order chi connectivity index (χ0) is 19.9. The molecule has 1 aromatic heterocycles. The van der Waals surface area contributed by atoms with Crippen molar-refractivity contribution in [1.82, 2.24) is 15.6 Å². The monoisotopic (exact) mass is 378 g/mol. The summed E-state index contributed by atoms with van der Waals surface area (Å²) in [6.07, 6.45) is 2.58. The molecule has 0 aliphatic rings. The lowest BCUT2D eigenvalue weighted by atomic mass is 10.1. The Morgan fingerprint density at radius 1 is 1.11 bits per heavy atom. The molecule has 0 radical (unpaired) electrons. The Kier molecular flexibility index (Phi) is 6.06. The minimum Gasteiger partial charge on any atom is -0.493 e. The maximum absolute atomic E-state index is 12.3. The number of carbonyl (C=O) groups excluding carboxylic acids is 1.